The van der Waals surface area contributed by atoms with Crippen molar-refractivity contribution in [3.63, 3.8) is 0 Å². The van der Waals surface area contributed by atoms with Gasteiger partial charge in [0, 0.05) is 6.04 Å². The minimum atomic E-state index is -0.662. The molecule has 0 aliphatic heterocycles. The summed E-state index contributed by atoms with van der Waals surface area (Å²) in [6, 6.07) is 3.09. The number of ether oxygens (including phenoxy) is 1. The number of aryl methyl sites for hydroxylation is 2. The summed E-state index contributed by atoms with van der Waals surface area (Å²) in [5.41, 5.74) is 6.83. The molecular formula is C19H29NO3. The standard InChI is InChI=1S/C19H29NO3/c1-11-8-13(9-12(2)14(11)21)23-16(22)19(10-18(19,6)7)15(20)17(3,4)5/h8-9,15,21H,10,20H2,1-7H3. The molecule has 4 heteroatoms. The number of carbonyl (C=O) groups excluding carboxylic acids is 1. The van der Waals surface area contributed by atoms with Crippen LogP contribution in [0.1, 0.15) is 52.2 Å². The molecule has 0 heterocycles. The highest BCUT2D eigenvalue weighted by Crippen LogP contribution is 2.67. The van der Waals surface area contributed by atoms with Gasteiger partial charge in [0.05, 0.1) is 5.41 Å². The van der Waals surface area contributed by atoms with Crippen LogP contribution >= 0.6 is 0 Å². The predicted octanol–water partition coefficient (Wildman–Crippen LogP) is 3.70. The normalized spacial score (nSPS) is 24.2. The summed E-state index contributed by atoms with van der Waals surface area (Å²) >= 11 is 0. The fraction of sp³-hybridized carbons (Fsp3) is 0.632. The van der Waals surface area contributed by atoms with Crippen LogP contribution in [0.5, 0.6) is 11.5 Å². The van der Waals surface area contributed by atoms with E-state index in [1.165, 1.54) is 0 Å². The van der Waals surface area contributed by atoms with E-state index in [1.54, 1.807) is 26.0 Å². The topological polar surface area (TPSA) is 72.5 Å². The average molecular weight is 319 g/mol. The van der Waals surface area contributed by atoms with E-state index in [9.17, 15) is 9.90 Å². The fourth-order valence-corrected chi connectivity index (χ4v) is 3.57. The molecule has 128 valence electrons. The Hall–Kier alpha value is -1.55. The molecule has 0 saturated heterocycles. The van der Waals surface area contributed by atoms with Crippen molar-refractivity contribution in [2.75, 3.05) is 0 Å². The molecule has 1 aliphatic rings. The summed E-state index contributed by atoms with van der Waals surface area (Å²) in [7, 11) is 0. The third-order valence-corrected chi connectivity index (χ3v) is 5.31. The number of hydrogen-bond acceptors (Lipinski definition) is 4. The first-order chi connectivity index (χ1) is 10.3. The van der Waals surface area contributed by atoms with Gasteiger partial charge in [-0.2, -0.15) is 0 Å². The number of esters is 1. The van der Waals surface area contributed by atoms with E-state index in [0.29, 0.717) is 16.9 Å². The molecule has 23 heavy (non-hydrogen) atoms. The number of rotatable bonds is 3. The molecule has 2 rings (SSSR count). The summed E-state index contributed by atoms with van der Waals surface area (Å²) in [6.45, 7) is 13.9. The van der Waals surface area contributed by atoms with Crippen LogP contribution in [0, 0.1) is 30.1 Å². The summed E-state index contributed by atoms with van der Waals surface area (Å²) in [5, 5.41) is 9.85. The lowest BCUT2D eigenvalue weighted by Gasteiger charge is -2.35. The van der Waals surface area contributed by atoms with Gasteiger partial charge in [-0.3, -0.25) is 4.79 Å². The Labute approximate surface area is 139 Å². The molecule has 1 aromatic carbocycles. The van der Waals surface area contributed by atoms with Crippen molar-refractivity contribution in [3.8, 4) is 11.5 Å². The Morgan fingerprint density at radius 1 is 1.26 bits per heavy atom. The minimum absolute atomic E-state index is 0.169. The zero-order valence-electron chi connectivity index (χ0n) is 15.3. The van der Waals surface area contributed by atoms with E-state index in [2.05, 4.69) is 34.6 Å². The molecule has 2 unspecified atom stereocenters. The second kappa shape index (κ2) is 5.23. The minimum Gasteiger partial charge on any atom is -0.507 e. The maximum absolute atomic E-state index is 12.9. The Balaban J connectivity index is 2.32. The van der Waals surface area contributed by atoms with Crippen LogP contribution in [0.4, 0.5) is 0 Å². The molecule has 3 N–H and O–H groups in total. The number of aromatic hydroxyl groups is 1. The Bertz CT molecular complexity index is 620. The van der Waals surface area contributed by atoms with Crippen molar-refractivity contribution >= 4 is 5.97 Å². The lowest BCUT2D eigenvalue weighted by Crippen LogP contribution is -2.50. The molecule has 1 aromatic rings. The van der Waals surface area contributed by atoms with E-state index in [4.69, 9.17) is 10.5 Å². The molecule has 4 nitrogen and oxygen atoms in total. The number of benzene rings is 1. The van der Waals surface area contributed by atoms with Crippen LogP contribution in [-0.4, -0.2) is 17.1 Å². The van der Waals surface area contributed by atoms with Crippen molar-refractivity contribution in [2.24, 2.45) is 22.0 Å². The average Bonchev–Trinajstić information content (AvgIpc) is 2.98. The quantitative estimate of drug-likeness (QED) is 0.658. The first-order valence-electron chi connectivity index (χ1n) is 8.11. The highest BCUT2D eigenvalue weighted by molar-refractivity contribution is 5.85. The first kappa shape index (κ1) is 17.8. The van der Waals surface area contributed by atoms with Gasteiger partial charge in [-0.1, -0.05) is 34.6 Å². The van der Waals surface area contributed by atoms with Crippen LogP contribution in [0.15, 0.2) is 12.1 Å². The van der Waals surface area contributed by atoms with Gasteiger partial charge in [0.2, 0.25) is 0 Å². The molecule has 1 fully saturated rings. The Morgan fingerprint density at radius 2 is 1.70 bits per heavy atom. The molecule has 0 bridgehead atoms. The van der Waals surface area contributed by atoms with Gasteiger partial charge in [-0.05, 0) is 54.4 Å². The summed E-state index contributed by atoms with van der Waals surface area (Å²) < 4.78 is 5.68. The molecule has 0 amide bonds. The van der Waals surface area contributed by atoms with Crippen LogP contribution in [0.2, 0.25) is 0 Å². The lowest BCUT2D eigenvalue weighted by atomic mass is 9.74. The van der Waals surface area contributed by atoms with E-state index in [1.807, 2.05) is 0 Å². The number of hydrogen-bond donors (Lipinski definition) is 2. The second-order valence-electron chi connectivity index (χ2n) is 8.67. The van der Waals surface area contributed by atoms with Crippen molar-refractivity contribution < 1.29 is 14.6 Å². The molecule has 1 aliphatic carbocycles. The highest BCUT2D eigenvalue weighted by atomic mass is 16.5. The third-order valence-electron chi connectivity index (χ3n) is 5.31. The lowest BCUT2D eigenvalue weighted by molar-refractivity contribution is -0.144. The number of nitrogens with two attached hydrogens (primary N) is 1. The maximum atomic E-state index is 12.9. The van der Waals surface area contributed by atoms with Gasteiger partial charge < -0.3 is 15.6 Å². The van der Waals surface area contributed by atoms with Gasteiger partial charge in [0.1, 0.15) is 11.5 Å². The second-order valence-corrected chi connectivity index (χ2v) is 8.67. The number of carbonyl (C=O) groups is 1. The van der Waals surface area contributed by atoms with Crippen LogP contribution in [0.3, 0.4) is 0 Å². The van der Waals surface area contributed by atoms with E-state index >= 15 is 0 Å². The third kappa shape index (κ3) is 2.85. The van der Waals surface area contributed by atoms with Gasteiger partial charge in [-0.15, -0.1) is 0 Å². The van der Waals surface area contributed by atoms with E-state index in [0.717, 1.165) is 6.42 Å². The zero-order chi connectivity index (χ0) is 17.8. The summed E-state index contributed by atoms with van der Waals surface area (Å²) in [5.74, 6) is 0.429. The number of phenolic OH excluding ortho intramolecular Hbond substituents is 1. The smallest absolute Gasteiger partial charge is 0.319 e. The molecule has 0 spiro atoms. The summed E-state index contributed by atoms with van der Waals surface area (Å²) in [4.78, 5) is 12.9. The van der Waals surface area contributed by atoms with Crippen molar-refractivity contribution in [3.05, 3.63) is 23.3 Å². The van der Waals surface area contributed by atoms with E-state index in [-0.39, 0.29) is 28.6 Å². The van der Waals surface area contributed by atoms with Gasteiger partial charge >= 0.3 is 5.97 Å². The van der Waals surface area contributed by atoms with Crippen molar-refractivity contribution in [1.82, 2.24) is 0 Å². The van der Waals surface area contributed by atoms with Crippen molar-refractivity contribution in [2.45, 2.75) is 60.9 Å². The zero-order valence-corrected chi connectivity index (χ0v) is 15.3. The van der Waals surface area contributed by atoms with E-state index < -0.39 is 5.41 Å². The highest BCUT2D eigenvalue weighted by Gasteiger charge is 2.72. The van der Waals surface area contributed by atoms with Gasteiger partial charge in [0.25, 0.3) is 0 Å². The Kier molecular flexibility index (Phi) is 4.05. The molecular weight excluding hydrogens is 290 g/mol. The molecule has 1 saturated carbocycles. The monoisotopic (exact) mass is 319 g/mol. The van der Waals surface area contributed by atoms with Crippen LogP contribution < -0.4 is 10.5 Å². The van der Waals surface area contributed by atoms with Gasteiger partial charge in [-0.25, -0.2) is 0 Å². The summed E-state index contributed by atoms with van der Waals surface area (Å²) in [6.07, 6.45) is 0.729. The van der Waals surface area contributed by atoms with Crippen LogP contribution in [-0.2, 0) is 4.79 Å². The SMILES string of the molecule is Cc1cc(OC(=O)C2(C(N)C(C)(C)C)CC2(C)C)cc(C)c1O. The Morgan fingerprint density at radius 3 is 2.04 bits per heavy atom. The fourth-order valence-electron chi connectivity index (χ4n) is 3.57. The van der Waals surface area contributed by atoms with Gasteiger partial charge in [0.15, 0.2) is 0 Å². The molecule has 2 atom stereocenters. The maximum Gasteiger partial charge on any atom is 0.319 e. The van der Waals surface area contributed by atoms with Crippen LogP contribution in [0.25, 0.3) is 0 Å². The molecule has 0 aromatic heterocycles. The molecule has 0 radical (unpaired) electrons. The first-order valence-corrected chi connectivity index (χ1v) is 8.11. The number of phenols is 1. The largest absolute Gasteiger partial charge is 0.507 e. The van der Waals surface area contributed by atoms with Crippen molar-refractivity contribution in [1.29, 1.82) is 0 Å². The predicted molar refractivity (Wildman–Crippen MR) is 91.5 cm³/mol.